The van der Waals surface area contributed by atoms with Crippen molar-refractivity contribution in [3.63, 3.8) is 0 Å². The van der Waals surface area contributed by atoms with Gasteiger partial charge in [-0.15, -0.1) is 0 Å². The van der Waals surface area contributed by atoms with Gasteiger partial charge in [-0.05, 0) is 52.7 Å². The van der Waals surface area contributed by atoms with Gasteiger partial charge in [0.05, 0.1) is 13.2 Å². The summed E-state index contributed by atoms with van der Waals surface area (Å²) >= 11 is 3.27. The van der Waals surface area contributed by atoms with Crippen molar-refractivity contribution >= 4 is 32.7 Å². The summed E-state index contributed by atoms with van der Waals surface area (Å²) in [4.78, 5) is 17.4. The third kappa shape index (κ3) is 4.25. The number of unbranched alkanes of at least 4 members (excludes halogenated alkanes) is 1. The van der Waals surface area contributed by atoms with Gasteiger partial charge in [-0.3, -0.25) is 4.79 Å². The number of ether oxygens (including phenoxy) is 1. The number of fused-ring (bicyclic) bond motifs is 1. The minimum absolute atomic E-state index is 0.0860. The van der Waals surface area contributed by atoms with Gasteiger partial charge < -0.3 is 19.0 Å². The van der Waals surface area contributed by atoms with Crippen molar-refractivity contribution in [1.29, 1.82) is 0 Å². The molecule has 1 amide bonds. The molecule has 0 aliphatic carbocycles. The molecule has 0 aliphatic heterocycles. The second kappa shape index (κ2) is 7.78. The predicted molar refractivity (Wildman–Crippen MR) is 101 cm³/mol. The number of hydrogen-bond acceptors (Lipinski definition) is 3. The molecule has 6 heteroatoms. The summed E-state index contributed by atoms with van der Waals surface area (Å²) in [5, 5.41) is 0.986. The molecule has 3 rings (SSSR count). The molecule has 2 heterocycles. The quantitative estimate of drug-likeness (QED) is 0.565. The number of hydrogen-bond donors (Lipinski definition) is 1. The Bertz CT molecular complexity index is 869. The van der Waals surface area contributed by atoms with Gasteiger partial charge in [-0.1, -0.05) is 13.3 Å². The van der Waals surface area contributed by atoms with Crippen LogP contribution in [0.1, 0.15) is 36.0 Å². The second-order valence-corrected chi connectivity index (χ2v) is 6.78. The fraction of sp³-hybridized carbons (Fsp3) is 0.316. The van der Waals surface area contributed by atoms with Crippen LogP contribution in [0, 0.1) is 0 Å². The molecule has 132 valence electrons. The number of nitrogens with zero attached hydrogens (tertiary/aromatic N) is 1. The van der Waals surface area contributed by atoms with Gasteiger partial charge >= 0.3 is 0 Å². The highest BCUT2D eigenvalue weighted by Gasteiger charge is 2.16. The third-order valence-corrected chi connectivity index (χ3v) is 4.39. The summed E-state index contributed by atoms with van der Waals surface area (Å²) in [6.07, 6.45) is 2.13. The summed E-state index contributed by atoms with van der Waals surface area (Å²) in [7, 11) is 1.75. The fourth-order valence-electron chi connectivity index (χ4n) is 2.59. The highest BCUT2D eigenvalue weighted by molar-refractivity contribution is 9.10. The van der Waals surface area contributed by atoms with Crippen molar-refractivity contribution in [1.82, 2.24) is 9.88 Å². The zero-order chi connectivity index (χ0) is 17.8. The fourth-order valence-corrected chi connectivity index (χ4v) is 2.93. The molecule has 0 radical (unpaired) electrons. The van der Waals surface area contributed by atoms with Crippen LogP contribution in [-0.4, -0.2) is 29.4 Å². The SMILES string of the molecule is CCCCOc1ccc2cc(C(=O)N(C)Cc3ccc(Br)o3)[nH]c2c1. The average Bonchev–Trinajstić information content (AvgIpc) is 3.20. The van der Waals surface area contributed by atoms with E-state index in [1.165, 1.54) is 0 Å². The molecule has 0 unspecified atom stereocenters. The van der Waals surface area contributed by atoms with Gasteiger partial charge in [0.2, 0.25) is 0 Å². The number of benzene rings is 1. The van der Waals surface area contributed by atoms with Crippen molar-refractivity contribution in [3.8, 4) is 5.75 Å². The minimum Gasteiger partial charge on any atom is -0.494 e. The van der Waals surface area contributed by atoms with E-state index in [1.807, 2.05) is 36.4 Å². The van der Waals surface area contributed by atoms with Gasteiger partial charge in [0, 0.05) is 24.0 Å². The number of carbonyl (C=O) groups excluding carboxylic acids is 1. The first-order valence-electron chi connectivity index (χ1n) is 8.32. The summed E-state index contributed by atoms with van der Waals surface area (Å²) < 4.78 is 11.8. The Labute approximate surface area is 155 Å². The molecule has 3 aromatic rings. The van der Waals surface area contributed by atoms with E-state index < -0.39 is 0 Å². The van der Waals surface area contributed by atoms with Crippen LogP contribution in [0.2, 0.25) is 0 Å². The number of halogens is 1. The molecule has 1 N–H and O–H groups in total. The van der Waals surface area contributed by atoms with E-state index >= 15 is 0 Å². The Balaban J connectivity index is 1.72. The van der Waals surface area contributed by atoms with Crippen molar-refractivity contribution in [2.45, 2.75) is 26.3 Å². The third-order valence-electron chi connectivity index (χ3n) is 3.96. The maximum absolute atomic E-state index is 12.6. The van der Waals surface area contributed by atoms with E-state index in [0.29, 0.717) is 23.5 Å². The number of furan rings is 1. The smallest absolute Gasteiger partial charge is 0.270 e. The molecule has 25 heavy (non-hydrogen) atoms. The van der Waals surface area contributed by atoms with E-state index in [2.05, 4.69) is 27.8 Å². The largest absolute Gasteiger partial charge is 0.494 e. The molecule has 5 nitrogen and oxygen atoms in total. The normalized spacial score (nSPS) is 11.0. The lowest BCUT2D eigenvalue weighted by atomic mass is 10.2. The lowest BCUT2D eigenvalue weighted by Gasteiger charge is -2.14. The first kappa shape index (κ1) is 17.6. The summed E-state index contributed by atoms with van der Waals surface area (Å²) in [5.41, 5.74) is 1.44. The van der Waals surface area contributed by atoms with E-state index in [1.54, 1.807) is 11.9 Å². The van der Waals surface area contributed by atoms with Crippen LogP contribution in [0.5, 0.6) is 5.75 Å². The van der Waals surface area contributed by atoms with Crippen LogP contribution < -0.4 is 4.74 Å². The van der Waals surface area contributed by atoms with E-state index in [4.69, 9.17) is 9.15 Å². The Kier molecular flexibility index (Phi) is 5.48. The van der Waals surface area contributed by atoms with E-state index in [0.717, 1.165) is 35.3 Å². The number of aromatic amines is 1. The highest BCUT2D eigenvalue weighted by atomic mass is 79.9. The molecular formula is C19H21BrN2O3. The summed E-state index contributed by atoms with van der Waals surface area (Å²) in [6.45, 7) is 3.24. The predicted octanol–water partition coefficient (Wildman–Crippen LogP) is 4.97. The Morgan fingerprint density at radius 1 is 1.28 bits per heavy atom. The van der Waals surface area contributed by atoms with Gasteiger partial charge in [0.25, 0.3) is 5.91 Å². The Hall–Kier alpha value is -2.21. The number of amides is 1. The monoisotopic (exact) mass is 404 g/mol. The van der Waals surface area contributed by atoms with Gasteiger partial charge in [-0.25, -0.2) is 0 Å². The molecule has 0 atom stereocenters. The highest BCUT2D eigenvalue weighted by Crippen LogP contribution is 2.23. The Morgan fingerprint density at radius 2 is 2.12 bits per heavy atom. The van der Waals surface area contributed by atoms with Crippen molar-refractivity contribution in [3.05, 3.63) is 52.5 Å². The standard InChI is InChI=1S/C19H21BrN2O3/c1-3-4-9-24-14-6-5-13-10-17(21-16(13)11-14)19(23)22(2)12-15-7-8-18(20)25-15/h5-8,10-11,21H,3-4,9,12H2,1-2H3. The first-order valence-corrected chi connectivity index (χ1v) is 9.11. The van der Waals surface area contributed by atoms with Gasteiger partial charge in [0.15, 0.2) is 4.67 Å². The Morgan fingerprint density at radius 3 is 2.84 bits per heavy atom. The number of H-pyrrole nitrogens is 1. The lowest BCUT2D eigenvalue weighted by molar-refractivity contribution is 0.0770. The molecule has 0 fully saturated rings. The van der Waals surface area contributed by atoms with Crippen molar-refractivity contribution in [2.75, 3.05) is 13.7 Å². The molecule has 2 aromatic heterocycles. The van der Waals surface area contributed by atoms with E-state index in [9.17, 15) is 4.79 Å². The van der Waals surface area contributed by atoms with Gasteiger partial charge in [-0.2, -0.15) is 0 Å². The summed E-state index contributed by atoms with van der Waals surface area (Å²) in [6, 6.07) is 11.4. The van der Waals surface area contributed by atoms with Gasteiger partial charge in [0.1, 0.15) is 17.2 Å². The van der Waals surface area contributed by atoms with Crippen LogP contribution in [0.15, 0.2) is 45.5 Å². The first-order chi connectivity index (χ1) is 12.1. The zero-order valence-electron chi connectivity index (χ0n) is 14.3. The van der Waals surface area contributed by atoms with Crippen molar-refractivity contribution in [2.24, 2.45) is 0 Å². The van der Waals surface area contributed by atoms with Crippen LogP contribution >= 0.6 is 15.9 Å². The average molecular weight is 405 g/mol. The molecular weight excluding hydrogens is 384 g/mol. The second-order valence-electron chi connectivity index (χ2n) is 6.00. The topological polar surface area (TPSA) is 58.5 Å². The molecule has 0 aliphatic rings. The van der Waals surface area contributed by atoms with E-state index in [-0.39, 0.29) is 5.91 Å². The van der Waals surface area contributed by atoms with Crippen LogP contribution in [0.25, 0.3) is 10.9 Å². The molecule has 1 aromatic carbocycles. The minimum atomic E-state index is -0.0860. The zero-order valence-corrected chi connectivity index (χ0v) is 15.9. The van der Waals surface area contributed by atoms with Crippen LogP contribution in [0.4, 0.5) is 0 Å². The maximum Gasteiger partial charge on any atom is 0.270 e. The molecule has 0 bridgehead atoms. The van der Waals surface area contributed by atoms with Crippen LogP contribution in [0.3, 0.4) is 0 Å². The van der Waals surface area contributed by atoms with Crippen LogP contribution in [-0.2, 0) is 6.54 Å². The lowest BCUT2D eigenvalue weighted by Crippen LogP contribution is -2.26. The summed E-state index contributed by atoms with van der Waals surface area (Å²) in [5.74, 6) is 1.46. The molecule has 0 saturated carbocycles. The molecule has 0 spiro atoms. The van der Waals surface area contributed by atoms with Crippen molar-refractivity contribution < 1.29 is 13.9 Å². The number of rotatable bonds is 7. The maximum atomic E-state index is 12.6. The number of carbonyl (C=O) groups is 1. The molecule has 0 saturated heterocycles. The number of aromatic nitrogens is 1. The number of nitrogens with one attached hydrogen (secondary N) is 1.